The van der Waals surface area contributed by atoms with Gasteiger partial charge in [0.2, 0.25) is 0 Å². The maximum absolute atomic E-state index is 4.01. The summed E-state index contributed by atoms with van der Waals surface area (Å²) in [5.41, 5.74) is 2.42. The Bertz CT molecular complexity index is 187. The molecule has 0 aliphatic rings. The Labute approximate surface area is 75.9 Å². The fraction of sp³-hybridized carbons (Fsp3) is 0.455. The third-order valence-electron chi connectivity index (χ3n) is 1.87. The van der Waals surface area contributed by atoms with Crippen LogP contribution in [0.1, 0.15) is 27.2 Å². The van der Waals surface area contributed by atoms with Crippen molar-refractivity contribution in [2.75, 3.05) is 0 Å². The second-order valence-corrected chi connectivity index (χ2v) is 3.15. The van der Waals surface area contributed by atoms with Gasteiger partial charge in [-0.2, -0.15) is 0 Å². The van der Waals surface area contributed by atoms with Crippen LogP contribution < -0.4 is 5.32 Å². The van der Waals surface area contributed by atoms with Gasteiger partial charge in [-0.15, -0.1) is 0 Å². The lowest BCUT2D eigenvalue weighted by atomic mass is 10.0. The topological polar surface area (TPSA) is 12.0 Å². The quantitative estimate of drug-likeness (QED) is 0.617. The lowest BCUT2D eigenvalue weighted by Gasteiger charge is -2.11. The molecule has 68 valence electrons. The molecule has 1 nitrogen and oxygen atoms in total. The summed E-state index contributed by atoms with van der Waals surface area (Å²) in [6.45, 7) is 14.0. The molecule has 0 aromatic rings. The van der Waals surface area contributed by atoms with Crippen LogP contribution in [0.5, 0.6) is 0 Å². The van der Waals surface area contributed by atoms with E-state index in [1.54, 1.807) is 6.20 Å². The molecule has 0 atom stereocenters. The minimum Gasteiger partial charge on any atom is -0.366 e. The summed E-state index contributed by atoms with van der Waals surface area (Å²) in [7, 11) is 0. The molecule has 0 saturated carbocycles. The maximum atomic E-state index is 4.01. The fourth-order valence-corrected chi connectivity index (χ4v) is 0.816. The lowest BCUT2D eigenvalue weighted by molar-refractivity contribution is 0.731. The third kappa shape index (κ3) is 4.02. The minimum atomic E-state index is 0.548. The van der Waals surface area contributed by atoms with Gasteiger partial charge in [0.05, 0.1) is 0 Å². The summed E-state index contributed by atoms with van der Waals surface area (Å²) in [5, 5.41) is 3.08. The summed E-state index contributed by atoms with van der Waals surface area (Å²) >= 11 is 0. The van der Waals surface area contributed by atoms with Crippen molar-refractivity contribution in [1.82, 2.24) is 5.32 Å². The molecule has 1 N–H and O–H groups in total. The first kappa shape index (κ1) is 11.0. The normalized spacial score (nSPS) is 11.5. The van der Waals surface area contributed by atoms with Gasteiger partial charge < -0.3 is 5.32 Å². The second kappa shape index (κ2) is 5.64. The van der Waals surface area contributed by atoms with Gasteiger partial charge in [-0.3, -0.25) is 0 Å². The van der Waals surface area contributed by atoms with Crippen LogP contribution in [0.3, 0.4) is 0 Å². The van der Waals surface area contributed by atoms with Crippen molar-refractivity contribution in [2.24, 2.45) is 5.92 Å². The Morgan fingerprint density at radius 3 is 2.42 bits per heavy atom. The van der Waals surface area contributed by atoms with Gasteiger partial charge in [0, 0.05) is 12.1 Å². The third-order valence-corrected chi connectivity index (χ3v) is 1.87. The molecule has 1 heteroatoms. The van der Waals surface area contributed by atoms with E-state index in [0.29, 0.717) is 5.92 Å². The molecule has 12 heavy (non-hydrogen) atoms. The molecule has 0 unspecified atom stereocenters. The van der Waals surface area contributed by atoms with Crippen molar-refractivity contribution in [1.29, 1.82) is 0 Å². The molecule has 0 saturated heterocycles. The molecule has 0 bridgehead atoms. The molecule has 0 fully saturated rings. The Morgan fingerprint density at radius 1 is 1.50 bits per heavy atom. The van der Waals surface area contributed by atoms with Crippen molar-refractivity contribution in [3.63, 3.8) is 0 Å². The highest BCUT2D eigenvalue weighted by atomic mass is 14.8. The Balaban J connectivity index is 4.04. The number of allylic oxidation sites excluding steroid dienone is 2. The lowest BCUT2D eigenvalue weighted by Crippen LogP contribution is -2.06. The Morgan fingerprint density at radius 2 is 2.08 bits per heavy atom. The molecular weight excluding hydrogens is 146 g/mol. The summed E-state index contributed by atoms with van der Waals surface area (Å²) < 4.78 is 0. The average Bonchev–Trinajstić information content (AvgIpc) is 2.03. The molecule has 0 spiro atoms. The van der Waals surface area contributed by atoms with E-state index in [9.17, 15) is 0 Å². The summed E-state index contributed by atoms with van der Waals surface area (Å²) in [6, 6.07) is 0. The first-order valence-electron chi connectivity index (χ1n) is 4.32. The zero-order valence-corrected chi connectivity index (χ0v) is 8.35. The van der Waals surface area contributed by atoms with Gasteiger partial charge in [-0.1, -0.05) is 38.7 Å². The smallest absolute Gasteiger partial charge is 0.0144 e. The van der Waals surface area contributed by atoms with Crippen LogP contribution >= 0.6 is 0 Å². The van der Waals surface area contributed by atoms with Crippen molar-refractivity contribution in [3.05, 3.63) is 36.7 Å². The molecule has 0 heterocycles. The van der Waals surface area contributed by atoms with E-state index in [-0.39, 0.29) is 0 Å². The van der Waals surface area contributed by atoms with E-state index in [1.165, 1.54) is 11.3 Å². The average molecular weight is 165 g/mol. The van der Waals surface area contributed by atoms with Crippen LogP contribution in [0, 0.1) is 5.92 Å². The van der Waals surface area contributed by atoms with E-state index in [0.717, 1.165) is 6.42 Å². The van der Waals surface area contributed by atoms with E-state index >= 15 is 0 Å². The van der Waals surface area contributed by atoms with Gasteiger partial charge in [0.1, 0.15) is 0 Å². The standard InChI is InChI=1S/C11H19N/c1-6-11(12-7-2)8-10(5)9(3)4/h6-7,9,12H,2,5,8H2,1,3-4H3/b11-6-. The van der Waals surface area contributed by atoms with Crippen LogP contribution in [-0.4, -0.2) is 0 Å². The van der Waals surface area contributed by atoms with Crippen molar-refractivity contribution >= 4 is 0 Å². The van der Waals surface area contributed by atoms with Crippen molar-refractivity contribution < 1.29 is 0 Å². The van der Waals surface area contributed by atoms with Gasteiger partial charge >= 0.3 is 0 Å². The predicted octanol–water partition coefficient (Wildman–Crippen LogP) is 3.23. The molecule has 0 aromatic carbocycles. The highest BCUT2D eigenvalue weighted by Gasteiger charge is 2.01. The number of hydrogen-bond donors (Lipinski definition) is 1. The Hall–Kier alpha value is -0.980. The Kier molecular flexibility index (Phi) is 5.18. The predicted molar refractivity (Wildman–Crippen MR) is 55.7 cm³/mol. The van der Waals surface area contributed by atoms with Gasteiger partial charge in [0.15, 0.2) is 0 Å². The van der Waals surface area contributed by atoms with Crippen molar-refractivity contribution in [2.45, 2.75) is 27.2 Å². The van der Waals surface area contributed by atoms with Gasteiger partial charge in [-0.25, -0.2) is 0 Å². The van der Waals surface area contributed by atoms with E-state index in [4.69, 9.17) is 0 Å². The van der Waals surface area contributed by atoms with Crippen LogP contribution in [-0.2, 0) is 0 Å². The highest BCUT2D eigenvalue weighted by Crippen LogP contribution is 2.15. The van der Waals surface area contributed by atoms with Crippen LogP contribution in [0.25, 0.3) is 0 Å². The molecule has 0 aromatic heterocycles. The zero-order chi connectivity index (χ0) is 9.56. The van der Waals surface area contributed by atoms with E-state index < -0.39 is 0 Å². The highest BCUT2D eigenvalue weighted by molar-refractivity contribution is 5.13. The summed E-state index contributed by atoms with van der Waals surface area (Å²) in [5.74, 6) is 0.548. The molecule has 0 radical (unpaired) electrons. The molecule has 0 aliphatic carbocycles. The molecule has 0 amide bonds. The zero-order valence-electron chi connectivity index (χ0n) is 8.35. The fourth-order valence-electron chi connectivity index (χ4n) is 0.816. The van der Waals surface area contributed by atoms with Crippen LogP contribution in [0.15, 0.2) is 36.7 Å². The van der Waals surface area contributed by atoms with E-state index in [1.807, 2.05) is 6.92 Å². The summed E-state index contributed by atoms with van der Waals surface area (Å²) in [6.07, 6.45) is 4.67. The van der Waals surface area contributed by atoms with E-state index in [2.05, 4.69) is 38.4 Å². The maximum Gasteiger partial charge on any atom is 0.0144 e. The molecule has 0 aliphatic heterocycles. The number of hydrogen-bond acceptors (Lipinski definition) is 1. The largest absolute Gasteiger partial charge is 0.366 e. The summed E-state index contributed by atoms with van der Waals surface area (Å²) in [4.78, 5) is 0. The molecule has 0 rings (SSSR count). The van der Waals surface area contributed by atoms with Gasteiger partial charge in [-0.05, 0) is 19.0 Å². The van der Waals surface area contributed by atoms with Crippen LogP contribution in [0.2, 0.25) is 0 Å². The number of nitrogens with one attached hydrogen (secondary N) is 1. The van der Waals surface area contributed by atoms with Crippen molar-refractivity contribution in [3.8, 4) is 0 Å². The van der Waals surface area contributed by atoms with Crippen LogP contribution in [0.4, 0.5) is 0 Å². The van der Waals surface area contributed by atoms with Gasteiger partial charge in [0.25, 0.3) is 0 Å². The first-order chi connectivity index (χ1) is 5.61. The minimum absolute atomic E-state index is 0.548. The monoisotopic (exact) mass is 165 g/mol. The first-order valence-corrected chi connectivity index (χ1v) is 4.32. The SMILES string of the molecule is C=CN/C(=C\C)CC(=C)C(C)C. The number of rotatable bonds is 5. The molecular formula is C11H19N. The second-order valence-electron chi connectivity index (χ2n) is 3.15.